The maximum atomic E-state index is 12.0. The quantitative estimate of drug-likeness (QED) is 0.897. The van der Waals surface area contributed by atoms with Crippen molar-refractivity contribution < 1.29 is 9.53 Å². The molecule has 0 saturated carbocycles. The van der Waals surface area contributed by atoms with E-state index < -0.39 is 0 Å². The van der Waals surface area contributed by atoms with Crippen LogP contribution < -0.4 is 5.32 Å². The molecular formula is C14H22N2O2S. The highest BCUT2D eigenvalue weighted by molar-refractivity contribution is 7.12. The van der Waals surface area contributed by atoms with E-state index in [-0.39, 0.29) is 5.91 Å². The highest BCUT2D eigenvalue weighted by atomic mass is 32.1. The van der Waals surface area contributed by atoms with Gasteiger partial charge in [0.05, 0.1) is 13.2 Å². The third-order valence-corrected chi connectivity index (χ3v) is 4.52. The lowest BCUT2D eigenvalue weighted by Crippen LogP contribution is -2.41. The summed E-state index contributed by atoms with van der Waals surface area (Å²) in [7, 11) is 0. The van der Waals surface area contributed by atoms with Crippen LogP contribution in [0.5, 0.6) is 0 Å². The predicted molar refractivity (Wildman–Crippen MR) is 77.5 cm³/mol. The zero-order chi connectivity index (χ0) is 13.7. The van der Waals surface area contributed by atoms with Crippen LogP contribution in [0.15, 0.2) is 12.1 Å². The molecule has 1 aromatic rings. The molecule has 19 heavy (non-hydrogen) atoms. The lowest BCUT2D eigenvalue weighted by Gasteiger charge is -2.27. The van der Waals surface area contributed by atoms with Gasteiger partial charge in [-0.2, -0.15) is 0 Å². The Morgan fingerprint density at radius 2 is 2.21 bits per heavy atom. The molecule has 2 rings (SSSR count). The van der Waals surface area contributed by atoms with E-state index in [1.165, 1.54) is 9.75 Å². The number of carbonyl (C=O) groups is 1. The van der Waals surface area contributed by atoms with Gasteiger partial charge in [0.2, 0.25) is 5.91 Å². The lowest BCUT2D eigenvalue weighted by molar-refractivity contribution is -0.135. The van der Waals surface area contributed by atoms with Crippen LogP contribution in [0.3, 0.4) is 0 Å². The number of nitrogens with zero attached hydrogens (tertiary/aromatic N) is 1. The number of rotatable bonds is 5. The summed E-state index contributed by atoms with van der Waals surface area (Å²) in [5.74, 6) is 0.227. The normalized spacial score (nSPS) is 17.5. The van der Waals surface area contributed by atoms with Gasteiger partial charge in [-0.25, -0.2) is 0 Å². The molecule has 1 atom stereocenters. The molecule has 2 heterocycles. The molecule has 0 bridgehead atoms. The Morgan fingerprint density at radius 3 is 2.84 bits per heavy atom. The zero-order valence-corrected chi connectivity index (χ0v) is 12.5. The molecule has 5 heteroatoms. The smallest absolute Gasteiger partial charge is 0.224 e. The first kappa shape index (κ1) is 14.5. The Kier molecular flexibility index (Phi) is 5.36. The van der Waals surface area contributed by atoms with Crippen LogP contribution in [-0.2, 0) is 9.53 Å². The van der Waals surface area contributed by atoms with Crippen molar-refractivity contribution in [1.29, 1.82) is 0 Å². The van der Waals surface area contributed by atoms with Crippen LogP contribution in [0.25, 0.3) is 0 Å². The fourth-order valence-electron chi connectivity index (χ4n) is 2.15. The topological polar surface area (TPSA) is 41.6 Å². The fourth-order valence-corrected chi connectivity index (χ4v) is 3.06. The van der Waals surface area contributed by atoms with E-state index >= 15 is 0 Å². The Bertz CT molecular complexity index is 413. The molecule has 1 fully saturated rings. The number of carbonyl (C=O) groups excluding carboxylic acids is 1. The first-order valence-electron chi connectivity index (χ1n) is 6.82. The van der Waals surface area contributed by atoms with Crippen LogP contribution in [0.4, 0.5) is 0 Å². The standard InChI is InChI=1S/C14H22N2O2S/c1-11-3-4-13(19-11)12(2)15-6-5-14(17)16-7-9-18-10-8-16/h3-4,12,15H,5-10H2,1-2H3. The summed E-state index contributed by atoms with van der Waals surface area (Å²) in [4.78, 5) is 16.5. The minimum Gasteiger partial charge on any atom is -0.378 e. The van der Waals surface area contributed by atoms with Crippen LogP contribution in [0, 0.1) is 6.92 Å². The minimum atomic E-state index is 0.227. The van der Waals surface area contributed by atoms with Crippen molar-refractivity contribution in [2.75, 3.05) is 32.8 Å². The van der Waals surface area contributed by atoms with Gasteiger partial charge in [0.25, 0.3) is 0 Å². The van der Waals surface area contributed by atoms with Crippen LogP contribution in [0.2, 0.25) is 0 Å². The van der Waals surface area contributed by atoms with Gasteiger partial charge in [-0.1, -0.05) is 0 Å². The van der Waals surface area contributed by atoms with Gasteiger partial charge in [0.1, 0.15) is 0 Å². The highest BCUT2D eigenvalue weighted by Gasteiger charge is 2.16. The molecule has 0 radical (unpaired) electrons. The van der Waals surface area contributed by atoms with Gasteiger partial charge in [-0.3, -0.25) is 4.79 Å². The largest absolute Gasteiger partial charge is 0.378 e. The highest BCUT2D eigenvalue weighted by Crippen LogP contribution is 2.22. The molecule has 0 aromatic carbocycles. The molecular weight excluding hydrogens is 260 g/mol. The number of ether oxygens (including phenoxy) is 1. The second-order valence-corrected chi connectivity index (χ2v) is 6.19. The summed E-state index contributed by atoms with van der Waals surface area (Å²) in [6, 6.07) is 4.61. The summed E-state index contributed by atoms with van der Waals surface area (Å²) in [5.41, 5.74) is 0. The number of aryl methyl sites for hydroxylation is 1. The molecule has 1 amide bonds. The van der Waals surface area contributed by atoms with E-state index in [0.717, 1.165) is 19.6 Å². The predicted octanol–water partition coefficient (Wildman–Crippen LogP) is 1.96. The molecule has 1 N–H and O–H groups in total. The molecule has 1 aliphatic heterocycles. The maximum Gasteiger partial charge on any atom is 0.224 e. The van der Waals surface area contributed by atoms with Crippen molar-refractivity contribution in [3.63, 3.8) is 0 Å². The van der Waals surface area contributed by atoms with E-state index in [1.54, 1.807) is 0 Å². The SMILES string of the molecule is Cc1ccc(C(C)NCCC(=O)N2CCOCC2)s1. The average molecular weight is 282 g/mol. The monoisotopic (exact) mass is 282 g/mol. The van der Waals surface area contributed by atoms with E-state index in [2.05, 4.69) is 31.3 Å². The third-order valence-electron chi connectivity index (χ3n) is 3.34. The molecule has 1 saturated heterocycles. The van der Waals surface area contributed by atoms with Crippen molar-refractivity contribution in [3.05, 3.63) is 21.9 Å². The van der Waals surface area contributed by atoms with E-state index in [9.17, 15) is 4.79 Å². The maximum absolute atomic E-state index is 12.0. The van der Waals surface area contributed by atoms with Gasteiger partial charge in [-0.05, 0) is 26.0 Å². The zero-order valence-electron chi connectivity index (χ0n) is 11.6. The Labute approximate surface area is 118 Å². The Hall–Kier alpha value is -0.910. The summed E-state index contributed by atoms with van der Waals surface area (Å²) in [6.07, 6.45) is 0.564. The first-order chi connectivity index (χ1) is 9.16. The molecule has 1 aliphatic rings. The minimum absolute atomic E-state index is 0.227. The van der Waals surface area contributed by atoms with Gasteiger partial charge in [0, 0.05) is 41.9 Å². The van der Waals surface area contributed by atoms with Crippen LogP contribution >= 0.6 is 11.3 Å². The number of amides is 1. The van der Waals surface area contributed by atoms with Gasteiger partial charge >= 0.3 is 0 Å². The van der Waals surface area contributed by atoms with Gasteiger partial charge < -0.3 is 15.0 Å². The Morgan fingerprint density at radius 1 is 1.47 bits per heavy atom. The molecule has 0 spiro atoms. The van der Waals surface area contributed by atoms with Gasteiger partial charge in [0.15, 0.2) is 0 Å². The number of thiophene rings is 1. The Balaban J connectivity index is 1.69. The average Bonchev–Trinajstić information content (AvgIpc) is 2.86. The van der Waals surface area contributed by atoms with Crippen molar-refractivity contribution in [3.8, 4) is 0 Å². The lowest BCUT2D eigenvalue weighted by atomic mass is 10.2. The van der Waals surface area contributed by atoms with Crippen molar-refractivity contribution >= 4 is 17.2 Å². The number of morpholine rings is 1. The third kappa shape index (κ3) is 4.30. The molecule has 1 aromatic heterocycles. The molecule has 0 aliphatic carbocycles. The van der Waals surface area contributed by atoms with Crippen LogP contribution in [-0.4, -0.2) is 43.7 Å². The summed E-state index contributed by atoms with van der Waals surface area (Å²) >= 11 is 1.81. The van der Waals surface area contributed by atoms with Crippen molar-refractivity contribution in [1.82, 2.24) is 10.2 Å². The van der Waals surface area contributed by atoms with Gasteiger partial charge in [-0.15, -0.1) is 11.3 Å². The fraction of sp³-hybridized carbons (Fsp3) is 0.643. The number of hydrogen-bond acceptors (Lipinski definition) is 4. The first-order valence-corrected chi connectivity index (χ1v) is 7.63. The van der Waals surface area contributed by atoms with Crippen LogP contribution in [0.1, 0.15) is 29.1 Å². The van der Waals surface area contributed by atoms with Crippen molar-refractivity contribution in [2.24, 2.45) is 0 Å². The molecule has 4 nitrogen and oxygen atoms in total. The van der Waals surface area contributed by atoms with E-state index in [0.29, 0.717) is 25.7 Å². The summed E-state index contributed by atoms with van der Waals surface area (Å²) in [5, 5.41) is 3.41. The molecule has 106 valence electrons. The summed E-state index contributed by atoms with van der Waals surface area (Å²) in [6.45, 7) is 7.80. The second kappa shape index (κ2) is 7.03. The van der Waals surface area contributed by atoms with E-state index in [1.807, 2.05) is 16.2 Å². The van der Waals surface area contributed by atoms with E-state index in [4.69, 9.17) is 4.74 Å². The van der Waals surface area contributed by atoms with Crippen molar-refractivity contribution in [2.45, 2.75) is 26.3 Å². The second-order valence-electron chi connectivity index (χ2n) is 4.87. The summed E-state index contributed by atoms with van der Waals surface area (Å²) < 4.78 is 5.24. The molecule has 1 unspecified atom stereocenters. The number of nitrogens with one attached hydrogen (secondary N) is 1. The number of hydrogen-bond donors (Lipinski definition) is 1.